The van der Waals surface area contributed by atoms with Gasteiger partial charge in [0.2, 0.25) is 0 Å². The maximum Gasteiger partial charge on any atom is 0.329 e. The van der Waals surface area contributed by atoms with Crippen molar-refractivity contribution in [3.05, 3.63) is 23.8 Å². The van der Waals surface area contributed by atoms with Crippen molar-refractivity contribution >= 4 is 29.3 Å². The third-order valence-electron chi connectivity index (χ3n) is 4.28. The third kappa shape index (κ3) is 5.77. The second kappa shape index (κ2) is 10.6. The summed E-state index contributed by atoms with van der Waals surface area (Å²) in [7, 11) is 1.49. The molecule has 9 heteroatoms. The molecule has 0 aromatic heterocycles. The molecule has 1 aliphatic heterocycles. The molecule has 0 N–H and O–H groups in total. The van der Waals surface area contributed by atoms with Gasteiger partial charge in [-0.1, -0.05) is 0 Å². The lowest BCUT2D eigenvalue weighted by molar-refractivity contribution is -0.147. The molecule has 0 spiro atoms. The van der Waals surface area contributed by atoms with Crippen LogP contribution in [0.5, 0.6) is 5.75 Å². The van der Waals surface area contributed by atoms with Gasteiger partial charge in [-0.15, -0.1) is 0 Å². The second-order valence-electron chi connectivity index (χ2n) is 6.30. The number of Topliss-reactive ketones (excluding diaryl/α,β-unsaturated/α-hetero) is 1. The van der Waals surface area contributed by atoms with Crippen molar-refractivity contribution in [3.8, 4) is 5.75 Å². The number of ether oxygens (including phenoxy) is 4. The number of nitrogens with zero attached hydrogens (tertiary/aromatic N) is 1. The number of methoxy groups -OCH3 is 1. The first-order valence-electron chi connectivity index (χ1n) is 9.32. The Morgan fingerprint density at radius 3 is 2.62 bits per heavy atom. The minimum absolute atomic E-state index is 0.0267. The predicted octanol–water partition coefficient (Wildman–Crippen LogP) is 1.52. The molecule has 158 valence electrons. The van der Waals surface area contributed by atoms with Gasteiger partial charge in [0.05, 0.1) is 25.3 Å². The lowest BCUT2D eigenvalue weighted by Gasteiger charge is -2.33. The van der Waals surface area contributed by atoms with Crippen LogP contribution in [0.1, 0.15) is 37.0 Å². The van der Waals surface area contributed by atoms with Crippen LogP contribution in [0, 0.1) is 0 Å². The van der Waals surface area contributed by atoms with Crippen LogP contribution < -0.4 is 9.64 Å². The highest BCUT2D eigenvalue weighted by atomic mass is 16.6. The van der Waals surface area contributed by atoms with Crippen LogP contribution in [-0.4, -0.2) is 63.2 Å². The van der Waals surface area contributed by atoms with Gasteiger partial charge >= 0.3 is 11.9 Å². The van der Waals surface area contributed by atoms with Crippen LogP contribution >= 0.6 is 0 Å². The molecule has 1 heterocycles. The molecule has 1 aromatic carbocycles. The number of esters is 2. The van der Waals surface area contributed by atoms with Crippen LogP contribution in [0.15, 0.2) is 18.2 Å². The smallest absolute Gasteiger partial charge is 0.329 e. The first-order valence-corrected chi connectivity index (χ1v) is 9.32. The minimum Gasteiger partial charge on any atom is -0.482 e. The first kappa shape index (κ1) is 22.4. The molecule has 0 bridgehead atoms. The van der Waals surface area contributed by atoms with E-state index in [1.165, 1.54) is 25.0 Å². The number of anilines is 1. The summed E-state index contributed by atoms with van der Waals surface area (Å²) >= 11 is 0. The van der Waals surface area contributed by atoms with E-state index in [9.17, 15) is 19.2 Å². The monoisotopic (exact) mass is 407 g/mol. The van der Waals surface area contributed by atoms with Crippen molar-refractivity contribution in [1.82, 2.24) is 0 Å². The summed E-state index contributed by atoms with van der Waals surface area (Å²) in [6, 6.07) is 3.70. The number of carbonyl (C=O) groups is 4. The number of rotatable bonds is 10. The van der Waals surface area contributed by atoms with Gasteiger partial charge in [-0.3, -0.25) is 19.3 Å². The predicted molar refractivity (Wildman–Crippen MR) is 102 cm³/mol. The number of benzene rings is 1. The maximum absolute atomic E-state index is 12.4. The molecule has 0 aliphatic carbocycles. The fraction of sp³-hybridized carbons (Fsp3) is 0.500. The van der Waals surface area contributed by atoms with E-state index in [4.69, 9.17) is 18.9 Å². The highest BCUT2D eigenvalue weighted by Crippen LogP contribution is 2.35. The number of fused-ring (bicyclic) bond motifs is 1. The summed E-state index contributed by atoms with van der Waals surface area (Å²) in [4.78, 5) is 49.9. The molecule has 0 radical (unpaired) electrons. The Balaban J connectivity index is 2.18. The van der Waals surface area contributed by atoms with Gasteiger partial charge in [0, 0.05) is 19.1 Å². The average Bonchev–Trinajstić information content (AvgIpc) is 2.71. The molecule has 0 saturated heterocycles. The third-order valence-corrected chi connectivity index (χ3v) is 4.28. The summed E-state index contributed by atoms with van der Waals surface area (Å²) in [5.41, 5.74) is 0.607. The van der Waals surface area contributed by atoms with Crippen molar-refractivity contribution in [1.29, 1.82) is 0 Å². The highest BCUT2D eigenvalue weighted by molar-refractivity contribution is 6.05. The van der Waals surface area contributed by atoms with Gasteiger partial charge in [0.15, 0.2) is 12.4 Å². The Morgan fingerprint density at radius 1 is 1.17 bits per heavy atom. The molecule has 1 amide bonds. The normalized spacial score (nSPS) is 13.9. The van der Waals surface area contributed by atoms with E-state index in [2.05, 4.69) is 0 Å². The number of hydrogen-bond donors (Lipinski definition) is 0. The highest BCUT2D eigenvalue weighted by Gasteiger charge is 2.34. The number of carbonyl (C=O) groups excluding carboxylic acids is 4. The van der Waals surface area contributed by atoms with Crippen LogP contribution in [0.2, 0.25) is 0 Å². The van der Waals surface area contributed by atoms with Gasteiger partial charge < -0.3 is 18.9 Å². The van der Waals surface area contributed by atoms with Gasteiger partial charge in [-0.05, 0) is 32.0 Å². The van der Waals surface area contributed by atoms with Gasteiger partial charge in [0.25, 0.3) is 5.91 Å². The Labute approximate surface area is 168 Å². The second-order valence-corrected chi connectivity index (χ2v) is 6.30. The zero-order valence-electron chi connectivity index (χ0n) is 16.8. The van der Waals surface area contributed by atoms with Crippen molar-refractivity contribution in [3.63, 3.8) is 0 Å². The SMILES string of the molecule is CCOC(=O)CCC(=O)c1ccc2c(c1)N(C(C)C(=O)OCCOC)C(=O)CO2. The van der Waals surface area contributed by atoms with Crippen LogP contribution in [0.4, 0.5) is 5.69 Å². The summed E-state index contributed by atoms with van der Waals surface area (Å²) in [5, 5.41) is 0. The lowest BCUT2D eigenvalue weighted by atomic mass is 10.0. The molecule has 0 saturated carbocycles. The quantitative estimate of drug-likeness (QED) is 0.326. The van der Waals surface area contributed by atoms with Crippen LogP contribution in [-0.2, 0) is 28.6 Å². The van der Waals surface area contributed by atoms with Crippen molar-refractivity contribution in [2.24, 2.45) is 0 Å². The number of amides is 1. The lowest BCUT2D eigenvalue weighted by Crippen LogP contribution is -2.48. The maximum atomic E-state index is 12.4. The molecular weight excluding hydrogens is 382 g/mol. The van der Waals surface area contributed by atoms with E-state index >= 15 is 0 Å². The molecule has 0 fully saturated rings. The molecule has 1 unspecified atom stereocenters. The largest absolute Gasteiger partial charge is 0.482 e. The fourth-order valence-corrected chi connectivity index (χ4v) is 2.81. The molecular formula is C20H25NO8. The zero-order chi connectivity index (χ0) is 21.4. The Bertz CT molecular complexity index is 776. The van der Waals surface area contributed by atoms with E-state index in [1.54, 1.807) is 19.1 Å². The van der Waals surface area contributed by atoms with Gasteiger partial charge in [0.1, 0.15) is 18.4 Å². The van der Waals surface area contributed by atoms with Crippen molar-refractivity contribution in [2.45, 2.75) is 32.7 Å². The van der Waals surface area contributed by atoms with Crippen molar-refractivity contribution in [2.75, 3.05) is 38.4 Å². The molecule has 1 aliphatic rings. The number of hydrogen-bond acceptors (Lipinski definition) is 8. The summed E-state index contributed by atoms with van der Waals surface area (Å²) in [6.45, 7) is 3.56. The molecule has 2 rings (SSSR count). The van der Waals surface area contributed by atoms with Crippen molar-refractivity contribution < 1.29 is 38.1 Å². The van der Waals surface area contributed by atoms with E-state index in [0.29, 0.717) is 17.0 Å². The minimum atomic E-state index is -0.910. The van der Waals surface area contributed by atoms with E-state index < -0.39 is 23.9 Å². The topological polar surface area (TPSA) is 108 Å². The Kier molecular flexibility index (Phi) is 8.14. The average molecular weight is 407 g/mol. The molecule has 29 heavy (non-hydrogen) atoms. The Hall–Kier alpha value is -2.94. The van der Waals surface area contributed by atoms with Crippen LogP contribution in [0.3, 0.4) is 0 Å². The Morgan fingerprint density at radius 2 is 1.93 bits per heavy atom. The number of ketones is 1. The van der Waals surface area contributed by atoms with E-state index in [0.717, 1.165) is 0 Å². The molecule has 9 nitrogen and oxygen atoms in total. The van der Waals surface area contributed by atoms with E-state index in [1.807, 2.05) is 0 Å². The summed E-state index contributed by atoms with van der Waals surface area (Å²) < 4.78 is 20.2. The van der Waals surface area contributed by atoms with Gasteiger partial charge in [-0.2, -0.15) is 0 Å². The van der Waals surface area contributed by atoms with Gasteiger partial charge in [-0.25, -0.2) is 4.79 Å². The van der Waals surface area contributed by atoms with Crippen LogP contribution in [0.25, 0.3) is 0 Å². The summed E-state index contributed by atoms with van der Waals surface area (Å²) in [6.07, 6.45) is -0.0633. The molecule has 1 aromatic rings. The summed E-state index contributed by atoms with van der Waals surface area (Å²) in [5.74, 6) is -1.38. The zero-order valence-corrected chi connectivity index (χ0v) is 16.8. The van der Waals surface area contributed by atoms with E-state index in [-0.39, 0.29) is 45.1 Å². The fourth-order valence-electron chi connectivity index (χ4n) is 2.81. The standard InChI is InChI=1S/C20H25NO8/c1-4-27-19(24)8-6-16(22)14-5-7-17-15(11-14)21(18(23)12-29-17)13(2)20(25)28-10-9-26-3/h5,7,11,13H,4,6,8-10,12H2,1-3H3. The first-order chi connectivity index (χ1) is 13.9. The molecule has 1 atom stereocenters.